The number of hydrogen-bond acceptors (Lipinski definition) is 4. The highest BCUT2D eigenvalue weighted by Crippen LogP contribution is 2.35. The van der Waals surface area contributed by atoms with E-state index in [1.165, 1.54) is 32.2 Å². The van der Waals surface area contributed by atoms with Crippen molar-refractivity contribution in [2.24, 2.45) is 0 Å². The maximum absolute atomic E-state index is 12.0. The van der Waals surface area contributed by atoms with E-state index in [1.807, 2.05) is 30.3 Å². The van der Waals surface area contributed by atoms with Gasteiger partial charge in [-0.05, 0) is 23.8 Å². The summed E-state index contributed by atoms with van der Waals surface area (Å²) >= 11 is 14.0. The lowest BCUT2D eigenvalue weighted by atomic mass is 10.1. The third kappa shape index (κ3) is 4.47. The zero-order valence-corrected chi connectivity index (χ0v) is 15.5. The lowest BCUT2D eigenvalue weighted by Crippen LogP contribution is -2.05. The van der Waals surface area contributed by atoms with Crippen LogP contribution in [0.2, 0.25) is 10.0 Å². The van der Waals surface area contributed by atoms with Crippen molar-refractivity contribution in [3.8, 4) is 0 Å². The summed E-state index contributed by atoms with van der Waals surface area (Å²) in [5, 5.41) is 1.24. The van der Waals surface area contributed by atoms with Gasteiger partial charge in [0.2, 0.25) is 0 Å². The second-order valence-electron chi connectivity index (χ2n) is 4.74. The van der Waals surface area contributed by atoms with E-state index in [4.69, 9.17) is 32.7 Å². The number of esters is 1. The van der Waals surface area contributed by atoms with Gasteiger partial charge in [-0.1, -0.05) is 47.5 Å². The first-order valence-electron chi connectivity index (χ1n) is 7.04. The molecule has 0 atom stereocenters. The SMILES string of the molecule is CO/C=C(/C(=O)OC)c1ccccc1SCc1c(Cl)cccc1Cl. The summed E-state index contributed by atoms with van der Waals surface area (Å²) in [6.45, 7) is 0. The monoisotopic (exact) mass is 382 g/mol. The van der Waals surface area contributed by atoms with Crippen molar-refractivity contribution < 1.29 is 14.3 Å². The third-order valence-corrected chi connectivity index (χ3v) is 5.06. The standard InChI is InChI=1S/C18H16Cl2O3S/c1-22-10-13(18(21)23-2)12-6-3-4-9-17(12)24-11-14-15(19)7-5-8-16(14)20/h3-10H,11H2,1-2H3/b13-10+. The highest BCUT2D eigenvalue weighted by Gasteiger charge is 2.17. The maximum atomic E-state index is 12.0. The molecule has 0 heterocycles. The molecule has 0 unspecified atom stereocenters. The molecule has 126 valence electrons. The van der Waals surface area contributed by atoms with Crippen LogP contribution in [0.5, 0.6) is 0 Å². The first-order chi connectivity index (χ1) is 11.6. The number of carbonyl (C=O) groups is 1. The topological polar surface area (TPSA) is 35.5 Å². The molecule has 0 aliphatic carbocycles. The molecule has 0 N–H and O–H groups in total. The van der Waals surface area contributed by atoms with E-state index in [1.54, 1.807) is 12.1 Å². The molecule has 2 rings (SSSR count). The Balaban J connectivity index is 2.32. The van der Waals surface area contributed by atoms with Crippen molar-refractivity contribution in [1.29, 1.82) is 0 Å². The Kier molecular flexibility index (Phi) is 7.03. The van der Waals surface area contributed by atoms with Gasteiger partial charge in [0.25, 0.3) is 0 Å². The Hall–Kier alpha value is -1.62. The Morgan fingerprint density at radius 1 is 1.08 bits per heavy atom. The molecule has 6 heteroatoms. The lowest BCUT2D eigenvalue weighted by molar-refractivity contribution is -0.133. The summed E-state index contributed by atoms with van der Waals surface area (Å²) in [4.78, 5) is 12.9. The van der Waals surface area contributed by atoms with Gasteiger partial charge in [0.1, 0.15) is 5.57 Å². The molecule has 3 nitrogen and oxygen atoms in total. The first kappa shape index (κ1) is 18.7. The van der Waals surface area contributed by atoms with Gasteiger partial charge in [0.15, 0.2) is 0 Å². The summed E-state index contributed by atoms with van der Waals surface area (Å²) in [6, 6.07) is 13.0. The van der Waals surface area contributed by atoms with Gasteiger partial charge in [-0.2, -0.15) is 0 Å². The number of benzene rings is 2. The van der Waals surface area contributed by atoms with Gasteiger partial charge >= 0.3 is 5.97 Å². The molecule has 2 aromatic rings. The van der Waals surface area contributed by atoms with Crippen LogP contribution in [-0.4, -0.2) is 20.2 Å². The second-order valence-corrected chi connectivity index (χ2v) is 6.58. The summed E-state index contributed by atoms with van der Waals surface area (Å²) in [7, 11) is 2.83. The second kappa shape index (κ2) is 9.02. The third-order valence-electron chi connectivity index (χ3n) is 3.25. The fourth-order valence-corrected chi connectivity index (χ4v) is 3.89. The summed E-state index contributed by atoms with van der Waals surface area (Å²) in [5.41, 5.74) is 1.95. The van der Waals surface area contributed by atoms with Gasteiger partial charge < -0.3 is 9.47 Å². The normalized spacial score (nSPS) is 11.2. The number of carbonyl (C=O) groups excluding carboxylic acids is 1. The molecule has 0 bridgehead atoms. The molecule has 2 aromatic carbocycles. The zero-order chi connectivity index (χ0) is 17.5. The van der Waals surface area contributed by atoms with Crippen LogP contribution in [0.3, 0.4) is 0 Å². The van der Waals surface area contributed by atoms with Gasteiger partial charge in [0, 0.05) is 26.3 Å². The number of hydrogen-bond donors (Lipinski definition) is 0. The van der Waals surface area contributed by atoms with Gasteiger partial charge in [0.05, 0.1) is 20.5 Å². The molecule has 0 saturated carbocycles. The van der Waals surface area contributed by atoms with Crippen LogP contribution in [0.4, 0.5) is 0 Å². The van der Waals surface area contributed by atoms with E-state index in [2.05, 4.69) is 0 Å². The quantitative estimate of drug-likeness (QED) is 0.288. The van der Waals surface area contributed by atoms with E-state index in [9.17, 15) is 4.79 Å². The van der Waals surface area contributed by atoms with Crippen LogP contribution in [-0.2, 0) is 20.0 Å². The number of rotatable bonds is 6. The predicted molar refractivity (Wildman–Crippen MR) is 99.5 cm³/mol. The van der Waals surface area contributed by atoms with Crippen LogP contribution < -0.4 is 0 Å². The minimum absolute atomic E-state index is 0.355. The van der Waals surface area contributed by atoms with Crippen molar-refractivity contribution >= 4 is 46.5 Å². The molecule has 0 fully saturated rings. The molecule has 0 radical (unpaired) electrons. The van der Waals surface area contributed by atoms with Gasteiger partial charge in [-0.3, -0.25) is 0 Å². The fourth-order valence-electron chi connectivity index (χ4n) is 2.08. The van der Waals surface area contributed by atoms with Crippen LogP contribution >= 0.6 is 35.0 Å². The number of halogens is 2. The molecule has 0 aromatic heterocycles. The van der Waals surface area contributed by atoms with Crippen LogP contribution in [0, 0.1) is 0 Å². The summed E-state index contributed by atoms with van der Waals surface area (Å²) in [5.74, 6) is 0.123. The number of ether oxygens (including phenoxy) is 2. The van der Waals surface area contributed by atoms with Crippen molar-refractivity contribution in [3.05, 3.63) is 69.9 Å². The van der Waals surface area contributed by atoms with Crippen LogP contribution in [0.15, 0.2) is 53.6 Å². The highest BCUT2D eigenvalue weighted by molar-refractivity contribution is 7.98. The smallest absolute Gasteiger partial charge is 0.341 e. The number of methoxy groups -OCH3 is 2. The zero-order valence-electron chi connectivity index (χ0n) is 13.2. The van der Waals surface area contributed by atoms with Crippen LogP contribution in [0.25, 0.3) is 5.57 Å². The van der Waals surface area contributed by atoms with Crippen molar-refractivity contribution in [2.45, 2.75) is 10.6 Å². The van der Waals surface area contributed by atoms with E-state index >= 15 is 0 Å². The predicted octanol–water partition coefficient (Wildman–Crippen LogP) is 5.45. The van der Waals surface area contributed by atoms with E-state index < -0.39 is 5.97 Å². The summed E-state index contributed by atoms with van der Waals surface area (Å²) in [6.07, 6.45) is 1.38. The van der Waals surface area contributed by atoms with Crippen LogP contribution in [0.1, 0.15) is 11.1 Å². The molecule has 24 heavy (non-hydrogen) atoms. The van der Waals surface area contributed by atoms with Crippen molar-refractivity contribution in [2.75, 3.05) is 14.2 Å². The minimum atomic E-state index is -0.458. The molecule has 0 amide bonds. The molecule has 0 aliphatic heterocycles. The molecular formula is C18H16Cl2O3S. The largest absolute Gasteiger partial charge is 0.503 e. The van der Waals surface area contributed by atoms with Crippen molar-refractivity contribution in [1.82, 2.24) is 0 Å². The highest BCUT2D eigenvalue weighted by atomic mass is 35.5. The molecule has 0 spiro atoms. The average Bonchev–Trinajstić information content (AvgIpc) is 2.59. The minimum Gasteiger partial charge on any atom is -0.503 e. The molecule has 0 saturated heterocycles. The maximum Gasteiger partial charge on any atom is 0.341 e. The molecule has 0 aliphatic rings. The fraction of sp³-hybridized carbons (Fsp3) is 0.167. The average molecular weight is 383 g/mol. The molecular weight excluding hydrogens is 367 g/mol. The summed E-state index contributed by atoms with van der Waals surface area (Å²) < 4.78 is 9.86. The Morgan fingerprint density at radius 2 is 1.75 bits per heavy atom. The Labute approximate surface area is 155 Å². The van der Waals surface area contributed by atoms with Gasteiger partial charge in [-0.15, -0.1) is 11.8 Å². The van der Waals surface area contributed by atoms with E-state index in [0.29, 0.717) is 21.4 Å². The van der Waals surface area contributed by atoms with E-state index in [-0.39, 0.29) is 0 Å². The number of thioether (sulfide) groups is 1. The van der Waals surface area contributed by atoms with Gasteiger partial charge in [-0.25, -0.2) is 4.79 Å². The first-order valence-corrected chi connectivity index (χ1v) is 8.79. The lowest BCUT2D eigenvalue weighted by Gasteiger charge is -2.12. The van der Waals surface area contributed by atoms with Crippen molar-refractivity contribution in [3.63, 3.8) is 0 Å². The van der Waals surface area contributed by atoms with E-state index in [0.717, 1.165) is 16.0 Å². The Bertz CT molecular complexity index is 739. The Morgan fingerprint density at radius 3 is 2.38 bits per heavy atom.